The second kappa shape index (κ2) is 3.40. The normalized spacial score (nSPS) is 27.8. The lowest BCUT2D eigenvalue weighted by molar-refractivity contribution is 0.553. The van der Waals surface area contributed by atoms with Gasteiger partial charge in [0.15, 0.2) is 0 Å². The van der Waals surface area contributed by atoms with Crippen molar-refractivity contribution in [2.24, 2.45) is 13.0 Å². The van der Waals surface area contributed by atoms with Crippen LogP contribution in [0.1, 0.15) is 26.2 Å². The quantitative estimate of drug-likeness (QED) is 0.752. The molecule has 72 valence electrons. The highest BCUT2D eigenvalue weighted by Gasteiger charge is 2.23. The van der Waals surface area contributed by atoms with Gasteiger partial charge < -0.3 is 5.32 Å². The molecule has 3 heteroatoms. The summed E-state index contributed by atoms with van der Waals surface area (Å²) in [7, 11) is 1.95. The Labute approximate surface area is 79.1 Å². The lowest BCUT2D eigenvalue weighted by Gasteiger charge is -2.16. The maximum absolute atomic E-state index is 4.31. The highest BCUT2D eigenvalue weighted by Crippen LogP contribution is 2.27. The molecular weight excluding hydrogens is 162 g/mol. The zero-order valence-electron chi connectivity index (χ0n) is 8.33. The molecule has 1 aliphatic rings. The predicted molar refractivity (Wildman–Crippen MR) is 53.6 cm³/mol. The third-order valence-corrected chi connectivity index (χ3v) is 2.91. The molecule has 0 aliphatic heterocycles. The van der Waals surface area contributed by atoms with Crippen molar-refractivity contribution in [1.82, 2.24) is 9.78 Å². The number of nitrogens with zero attached hydrogens (tertiary/aromatic N) is 2. The third kappa shape index (κ3) is 1.85. The van der Waals surface area contributed by atoms with Crippen LogP contribution < -0.4 is 5.32 Å². The van der Waals surface area contributed by atoms with Crippen LogP contribution >= 0.6 is 0 Å². The average Bonchev–Trinajstić information content (AvgIpc) is 2.64. The molecule has 1 aromatic heterocycles. The second-order valence-corrected chi connectivity index (χ2v) is 4.03. The fraction of sp³-hybridized carbons (Fsp3) is 0.700. The van der Waals surface area contributed by atoms with Crippen LogP contribution in [0.3, 0.4) is 0 Å². The number of anilines is 1. The Morgan fingerprint density at radius 1 is 1.54 bits per heavy atom. The summed E-state index contributed by atoms with van der Waals surface area (Å²) in [5, 5.41) is 7.79. The summed E-state index contributed by atoms with van der Waals surface area (Å²) in [6.45, 7) is 2.31. The molecule has 0 saturated heterocycles. The van der Waals surface area contributed by atoms with E-state index in [9.17, 15) is 0 Å². The van der Waals surface area contributed by atoms with Crippen molar-refractivity contribution in [3.05, 3.63) is 12.3 Å². The van der Waals surface area contributed by atoms with Crippen molar-refractivity contribution in [3.8, 4) is 0 Å². The number of hydrogen-bond donors (Lipinski definition) is 1. The van der Waals surface area contributed by atoms with E-state index in [-0.39, 0.29) is 0 Å². The Kier molecular flexibility index (Phi) is 2.25. The molecule has 1 aliphatic carbocycles. The van der Waals surface area contributed by atoms with Gasteiger partial charge in [0.1, 0.15) is 5.82 Å². The Morgan fingerprint density at radius 2 is 2.38 bits per heavy atom. The maximum Gasteiger partial charge on any atom is 0.148 e. The van der Waals surface area contributed by atoms with Crippen molar-refractivity contribution >= 4 is 5.82 Å². The zero-order valence-corrected chi connectivity index (χ0v) is 8.33. The van der Waals surface area contributed by atoms with E-state index in [1.165, 1.54) is 19.3 Å². The van der Waals surface area contributed by atoms with Gasteiger partial charge in [0.05, 0.1) is 0 Å². The highest BCUT2D eigenvalue weighted by atomic mass is 15.3. The molecule has 2 rings (SSSR count). The Bertz CT molecular complexity index is 279. The molecule has 1 fully saturated rings. The van der Waals surface area contributed by atoms with E-state index in [4.69, 9.17) is 0 Å². The van der Waals surface area contributed by atoms with Crippen molar-refractivity contribution in [3.63, 3.8) is 0 Å². The molecule has 0 bridgehead atoms. The first-order valence-electron chi connectivity index (χ1n) is 5.02. The molecule has 0 spiro atoms. The van der Waals surface area contributed by atoms with E-state index in [0.717, 1.165) is 11.7 Å². The van der Waals surface area contributed by atoms with Crippen LogP contribution in [0.4, 0.5) is 5.82 Å². The van der Waals surface area contributed by atoms with E-state index in [0.29, 0.717) is 6.04 Å². The standard InChI is InChI=1S/C10H17N3/c1-8-4-3-5-9(8)11-10-6-7-13(2)12-10/h6-9H,3-5H2,1-2H3,(H,11,12). The van der Waals surface area contributed by atoms with Crippen LogP contribution in [0.25, 0.3) is 0 Å². The zero-order chi connectivity index (χ0) is 9.26. The van der Waals surface area contributed by atoms with Gasteiger partial charge in [-0.15, -0.1) is 0 Å². The topological polar surface area (TPSA) is 29.9 Å². The lowest BCUT2D eigenvalue weighted by atomic mass is 10.1. The summed E-state index contributed by atoms with van der Waals surface area (Å²) in [4.78, 5) is 0. The molecule has 1 N–H and O–H groups in total. The summed E-state index contributed by atoms with van der Waals surface area (Å²) >= 11 is 0. The first-order valence-corrected chi connectivity index (χ1v) is 5.02. The van der Waals surface area contributed by atoms with Gasteiger partial charge in [0.2, 0.25) is 0 Å². The monoisotopic (exact) mass is 179 g/mol. The lowest BCUT2D eigenvalue weighted by Crippen LogP contribution is -2.22. The summed E-state index contributed by atoms with van der Waals surface area (Å²) in [5.41, 5.74) is 0. The van der Waals surface area contributed by atoms with Gasteiger partial charge in [-0.05, 0) is 18.8 Å². The molecule has 1 saturated carbocycles. The smallest absolute Gasteiger partial charge is 0.148 e. The molecule has 0 amide bonds. The molecule has 13 heavy (non-hydrogen) atoms. The van der Waals surface area contributed by atoms with Crippen LogP contribution in [0.15, 0.2) is 12.3 Å². The SMILES string of the molecule is CC1CCCC1Nc1ccn(C)n1. The van der Waals surface area contributed by atoms with E-state index in [1.54, 1.807) is 0 Å². The summed E-state index contributed by atoms with van der Waals surface area (Å²) in [5.74, 6) is 1.81. The van der Waals surface area contributed by atoms with Gasteiger partial charge in [0, 0.05) is 25.4 Å². The van der Waals surface area contributed by atoms with Gasteiger partial charge in [-0.3, -0.25) is 4.68 Å². The average molecular weight is 179 g/mol. The van der Waals surface area contributed by atoms with E-state index >= 15 is 0 Å². The highest BCUT2D eigenvalue weighted by molar-refractivity contribution is 5.34. The molecule has 0 aromatic carbocycles. The van der Waals surface area contributed by atoms with Gasteiger partial charge >= 0.3 is 0 Å². The maximum atomic E-state index is 4.31. The van der Waals surface area contributed by atoms with Crippen LogP contribution in [0.5, 0.6) is 0 Å². The van der Waals surface area contributed by atoms with Gasteiger partial charge in [-0.25, -0.2) is 0 Å². The minimum atomic E-state index is 0.634. The van der Waals surface area contributed by atoms with Gasteiger partial charge in [-0.2, -0.15) is 5.10 Å². The van der Waals surface area contributed by atoms with Crippen LogP contribution in [0, 0.1) is 5.92 Å². The number of hydrogen-bond acceptors (Lipinski definition) is 2. The largest absolute Gasteiger partial charge is 0.366 e. The molecule has 2 unspecified atom stereocenters. The van der Waals surface area contributed by atoms with E-state index < -0.39 is 0 Å². The number of rotatable bonds is 2. The number of aryl methyl sites for hydroxylation is 1. The second-order valence-electron chi connectivity index (χ2n) is 4.03. The van der Waals surface area contributed by atoms with E-state index in [2.05, 4.69) is 17.3 Å². The van der Waals surface area contributed by atoms with Crippen molar-refractivity contribution < 1.29 is 0 Å². The van der Waals surface area contributed by atoms with Crippen LogP contribution in [0.2, 0.25) is 0 Å². The first kappa shape index (κ1) is 8.60. The molecular formula is C10H17N3. The van der Waals surface area contributed by atoms with Crippen LogP contribution in [-0.2, 0) is 7.05 Å². The Balaban J connectivity index is 1.97. The minimum Gasteiger partial charge on any atom is -0.366 e. The number of nitrogens with one attached hydrogen (secondary N) is 1. The van der Waals surface area contributed by atoms with Gasteiger partial charge in [-0.1, -0.05) is 13.3 Å². The summed E-state index contributed by atoms with van der Waals surface area (Å²) in [6, 6.07) is 2.67. The molecule has 1 aromatic rings. The minimum absolute atomic E-state index is 0.634. The van der Waals surface area contributed by atoms with Crippen molar-refractivity contribution in [2.75, 3.05) is 5.32 Å². The predicted octanol–water partition coefficient (Wildman–Crippen LogP) is 2.02. The third-order valence-electron chi connectivity index (χ3n) is 2.91. The van der Waals surface area contributed by atoms with Crippen LogP contribution in [-0.4, -0.2) is 15.8 Å². The van der Waals surface area contributed by atoms with Crippen molar-refractivity contribution in [2.45, 2.75) is 32.2 Å². The fourth-order valence-corrected chi connectivity index (χ4v) is 2.04. The molecule has 2 atom stereocenters. The van der Waals surface area contributed by atoms with Gasteiger partial charge in [0.25, 0.3) is 0 Å². The first-order chi connectivity index (χ1) is 6.25. The molecule has 0 radical (unpaired) electrons. The molecule has 3 nitrogen and oxygen atoms in total. The summed E-state index contributed by atoms with van der Waals surface area (Å²) < 4.78 is 1.84. The summed E-state index contributed by atoms with van der Waals surface area (Å²) in [6.07, 6.45) is 5.97. The Hall–Kier alpha value is -0.990. The van der Waals surface area contributed by atoms with Crippen molar-refractivity contribution in [1.29, 1.82) is 0 Å². The molecule has 1 heterocycles. The number of aromatic nitrogens is 2. The Morgan fingerprint density at radius 3 is 2.92 bits per heavy atom. The van der Waals surface area contributed by atoms with E-state index in [1.807, 2.05) is 24.0 Å². The fourth-order valence-electron chi connectivity index (χ4n) is 2.04.